The van der Waals surface area contributed by atoms with Crippen LogP contribution in [0.5, 0.6) is 11.5 Å². The van der Waals surface area contributed by atoms with Crippen LogP contribution >= 0.6 is 22.6 Å². The molecular weight excluding hydrogens is 391 g/mol. The second-order valence-corrected chi connectivity index (χ2v) is 6.01. The van der Waals surface area contributed by atoms with Gasteiger partial charge in [0.05, 0.1) is 7.11 Å². The van der Waals surface area contributed by atoms with Gasteiger partial charge in [-0.05, 0) is 59.0 Å². The fourth-order valence-corrected chi connectivity index (χ4v) is 3.09. The molecule has 2 aromatic carbocycles. The van der Waals surface area contributed by atoms with Gasteiger partial charge >= 0.3 is 0 Å². The first-order valence-electron chi connectivity index (χ1n) is 6.82. The molecule has 0 amide bonds. The van der Waals surface area contributed by atoms with Crippen LogP contribution in [0.2, 0.25) is 0 Å². The number of pyridine rings is 1. The maximum absolute atomic E-state index is 10.4. The minimum atomic E-state index is 0.233. The van der Waals surface area contributed by atoms with E-state index in [4.69, 9.17) is 4.74 Å². The van der Waals surface area contributed by atoms with Gasteiger partial charge in [0, 0.05) is 32.9 Å². The van der Waals surface area contributed by atoms with E-state index < -0.39 is 0 Å². The number of phenolic OH excluding ortho intramolecular Hbond substituents is 1. The van der Waals surface area contributed by atoms with Gasteiger partial charge < -0.3 is 15.2 Å². The molecule has 22 heavy (non-hydrogen) atoms. The summed E-state index contributed by atoms with van der Waals surface area (Å²) >= 11 is 2.27. The predicted octanol–water partition coefficient (Wildman–Crippen LogP) is 4.17. The Bertz CT molecular complexity index is 804. The van der Waals surface area contributed by atoms with Crippen molar-refractivity contribution in [2.75, 3.05) is 12.4 Å². The molecular formula is C17H15IN2O2. The van der Waals surface area contributed by atoms with Crippen molar-refractivity contribution in [1.29, 1.82) is 0 Å². The Balaban J connectivity index is 1.85. The highest BCUT2D eigenvalue weighted by molar-refractivity contribution is 14.1. The van der Waals surface area contributed by atoms with Crippen LogP contribution in [0.15, 0.2) is 48.7 Å². The van der Waals surface area contributed by atoms with Crippen molar-refractivity contribution in [3.8, 4) is 11.5 Å². The molecule has 5 heteroatoms. The Morgan fingerprint density at radius 1 is 1.23 bits per heavy atom. The van der Waals surface area contributed by atoms with Gasteiger partial charge in [0.15, 0.2) is 0 Å². The van der Waals surface area contributed by atoms with Crippen molar-refractivity contribution in [2.45, 2.75) is 6.54 Å². The summed E-state index contributed by atoms with van der Waals surface area (Å²) in [6.45, 7) is 0.528. The maximum Gasteiger partial charge on any atom is 0.146 e. The van der Waals surface area contributed by atoms with Crippen molar-refractivity contribution in [3.05, 3.63) is 57.8 Å². The van der Waals surface area contributed by atoms with Crippen LogP contribution in [0.4, 0.5) is 5.69 Å². The molecule has 0 aliphatic heterocycles. The predicted molar refractivity (Wildman–Crippen MR) is 96.4 cm³/mol. The lowest BCUT2D eigenvalue weighted by Crippen LogP contribution is -2.01. The first kappa shape index (κ1) is 14.9. The van der Waals surface area contributed by atoms with E-state index in [0.717, 1.165) is 26.0 Å². The van der Waals surface area contributed by atoms with E-state index in [9.17, 15) is 5.11 Å². The van der Waals surface area contributed by atoms with Crippen LogP contribution in [-0.4, -0.2) is 17.2 Å². The van der Waals surface area contributed by atoms with Gasteiger partial charge in [0.1, 0.15) is 17.0 Å². The van der Waals surface area contributed by atoms with Crippen molar-refractivity contribution >= 4 is 39.2 Å². The highest BCUT2D eigenvalue weighted by atomic mass is 127. The zero-order valence-electron chi connectivity index (χ0n) is 12.0. The molecule has 1 heterocycles. The molecule has 0 unspecified atom stereocenters. The van der Waals surface area contributed by atoms with Gasteiger partial charge in [-0.15, -0.1) is 0 Å². The highest BCUT2D eigenvalue weighted by Gasteiger charge is 2.10. The Labute approximate surface area is 142 Å². The third kappa shape index (κ3) is 2.94. The van der Waals surface area contributed by atoms with E-state index in [1.165, 1.54) is 0 Å². The molecule has 2 N–H and O–H groups in total. The van der Waals surface area contributed by atoms with E-state index in [2.05, 4.69) is 32.9 Å². The molecule has 0 spiro atoms. The minimum Gasteiger partial charge on any atom is -0.505 e. The number of nitrogens with zero attached hydrogens (tertiary/aromatic N) is 1. The summed E-state index contributed by atoms with van der Waals surface area (Å²) in [6.07, 6.45) is 1.69. The van der Waals surface area contributed by atoms with Gasteiger partial charge in [-0.1, -0.05) is 6.07 Å². The lowest BCUT2D eigenvalue weighted by molar-refractivity contribution is 0.415. The number of fused-ring (bicyclic) bond motifs is 1. The number of hydrogen-bond acceptors (Lipinski definition) is 4. The van der Waals surface area contributed by atoms with Gasteiger partial charge in [0.25, 0.3) is 0 Å². The molecule has 0 radical (unpaired) electrons. The number of benzene rings is 2. The number of rotatable bonds is 4. The fourth-order valence-electron chi connectivity index (χ4n) is 2.28. The molecule has 0 bridgehead atoms. The standard InChI is InChI=1S/C17H15IN2O2/c1-22-13-6-4-12(5-7-13)20-10-11-9-15(18)14-3-2-8-19-16(14)17(11)21/h2-9,20-21H,10H2,1H3. The summed E-state index contributed by atoms with van der Waals surface area (Å²) < 4.78 is 6.21. The van der Waals surface area contributed by atoms with Gasteiger partial charge in [-0.3, -0.25) is 4.98 Å². The smallest absolute Gasteiger partial charge is 0.146 e. The van der Waals surface area contributed by atoms with Gasteiger partial charge in [-0.2, -0.15) is 0 Å². The molecule has 3 rings (SSSR count). The number of methoxy groups -OCH3 is 1. The average molecular weight is 406 g/mol. The second kappa shape index (κ2) is 6.39. The topological polar surface area (TPSA) is 54.4 Å². The SMILES string of the molecule is COc1ccc(NCc2cc(I)c3cccnc3c2O)cc1. The third-order valence-corrected chi connectivity index (χ3v) is 4.36. The van der Waals surface area contributed by atoms with Crippen LogP contribution < -0.4 is 10.1 Å². The molecule has 0 aliphatic carbocycles. The number of nitrogens with one attached hydrogen (secondary N) is 1. The number of halogens is 1. The normalized spacial score (nSPS) is 10.6. The minimum absolute atomic E-state index is 0.233. The van der Waals surface area contributed by atoms with Crippen molar-refractivity contribution in [3.63, 3.8) is 0 Å². The Kier molecular flexibility index (Phi) is 4.33. The van der Waals surface area contributed by atoms with E-state index in [1.54, 1.807) is 13.3 Å². The molecule has 0 saturated carbocycles. The van der Waals surface area contributed by atoms with Crippen LogP contribution in [0.3, 0.4) is 0 Å². The van der Waals surface area contributed by atoms with E-state index in [-0.39, 0.29) is 5.75 Å². The molecule has 1 aromatic heterocycles. The lowest BCUT2D eigenvalue weighted by atomic mass is 10.1. The largest absolute Gasteiger partial charge is 0.505 e. The van der Waals surface area contributed by atoms with E-state index >= 15 is 0 Å². The number of anilines is 1. The summed E-state index contributed by atoms with van der Waals surface area (Å²) in [5.74, 6) is 1.05. The quantitative estimate of drug-likeness (QED) is 0.639. The van der Waals surface area contributed by atoms with Crippen LogP contribution in [0, 0.1) is 3.57 Å². The highest BCUT2D eigenvalue weighted by Crippen LogP contribution is 2.31. The monoisotopic (exact) mass is 406 g/mol. The zero-order chi connectivity index (χ0) is 15.5. The zero-order valence-corrected chi connectivity index (χ0v) is 14.2. The summed E-state index contributed by atoms with van der Waals surface area (Å²) in [6, 6.07) is 13.5. The number of aromatic hydroxyl groups is 1. The third-order valence-electron chi connectivity index (χ3n) is 3.47. The van der Waals surface area contributed by atoms with Crippen molar-refractivity contribution in [1.82, 2.24) is 4.98 Å². The van der Waals surface area contributed by atoms with Gasteiger partial charge in [-0.25, -0.2) is 0 Å². The molecule has 3 aromatic rings. The van der Waals surface area contributed by atoms with E-state index in [1.807, 2.05) is 42.5 Å². The molecule has 0 atom stereocenters. The first-order valence-corrected chi connectivity index (χ1v) is 7.90. The van der Waals surface area contributed by atoms with Crippen LogP contribution in [0.1, 0.15) is 5.56 Å². The number of hydrogen-bond donors (Lipinski definition) is 2. The molecule has 0 fully saturated rings. The van der Waals surface area contributed by atoms with Gasteiger partial charge in [0.2, 0.25) is 0 Å². The molecule has 0 aliphatic rings. The Morgan fingerprint density at radius 2 is 2.00 bits per heavy atom. The fraction of sp³-hybridized carbons (Fsp3) is 0.118. The Hall–Kier alpha value is -2.02. The summed E-state index contributed by atoms with van der Waals surface area (Å²) in [7, 11) is 1.64. The number of phenols is 1. The van der Waals surface area contributed by atoms with Crippen LogP contribution in [0.25, 0.3) is 10.9 Å². The summed E-state index contributed by atoms with van der Waals surface area (Å²) in [5, 5.41) is 14.7. The molecule has 112 valence electrons. The molecule has 4 nitrogen and oxygen atoms in total. The van der Waals surface area contributed by atoms with Crippen LogP contribution in [-0.2, 0) is 6.54 Å². The van der Waals surface area contributed by atoms with Crippen molar-refractivity contribution in [2.24, 2.45) is 0 Å². The van der Waals surface area contributed by atoms with Crippen molar-refractivity contribution < 1.29 is 9.84 Å². The summed E-state index contributed by atoms with van der Waals surface area (Å²) in [4.78, 5) is 4.28. The second-order valence-electron chi connectivity index (χ2n) is 4.85. The lowest BCUT2D eigenvalue weighted by Gasteiger charge is -2.11. The summed E-state index contributed by atoms with van der Waals surface area (Å²) in [5.41, 5.74) is 2.43. The van der Waals surface area contributed by atoms with E-state index in [0.29, 0.717) is 12.1 Å². The molecule has 0 saturated heterocycles. The Morgan fingerprint density at radius 3 is 2.73 bits per heavy atom. The first-order chi connectivity index (χ1) is 10.7. The maximum atomic E-state index is 10.4. The number of ether oxygens (including phenoxy) is 1. The average Bonchev–Trinajstić information content (AvgIpc) is 2.57. The number of aromatic nitrogens is 1.